The minimum absolute atomic E-state index is 0. The predicted molar refractivity (Wildman–Crippen MR) is 99.9 cm³/mol. The highest BCUT2D eigenvalue weighted by atomic mass is 35.5. The van der Waals surface area contributed by atoms with E-state index in [1.807, 2.05) is 6.07 Å². The van der Waals surface area contributed by atoms with Gasteiger partial charge in [0.1, 0.15) is 10.9 Å². The first-order valence-electron chi connectivity index (χ1n) is 7.29. The van der Waals surface area contributed by atoms with Crippen molar-refractivity contribution in [2.45, 2.75) is 17.7 Å². The minimum Gasteiger partial charge on any atom is -0.491 e. The van der Waals surface area contributed by atoms with Crippen LogP contribution in [0.4, 0.5) is 0 Å². The maximum atomic E-state index is 6.24. The molecule has 0 atom stereocenters. The maximum absolute atomic E-state index is 6.24. The van der Waals surface area contributed by atoms with Crippen LogP contribution in [0.1, 0.15) is 12.8 Å². The van der Waals surface area contributed by atoms with Crippen molar-refractivity contribution in [1.82, 2.24) is 4.98 Å². The summed E-state index contributed by atoms with van der Waals surface area (Å²) in [6, 6.07) is 10.2. The Kier molecular flexibility index (Phi) is 6.20. The first kappa shape index (κ1) is 18.4. The lowest BCUT2D eigenvalue weighted by Gasteiger charge is -2.14. The molecule has 1 saturated carbocycles. The van der Waals surface area contributed by atoms with E-state index in [1.54, 1.807) is 18.0 Å². The van der Waals surface area contributed by atoms with Gasteiger partial charge in [0.15, 0.2) is 0 Å². The summed E-state index contributed by atoms with van der Waals surface area (Å²) in [7, 11) is 0. The number of nitrogens with two attached hydrogens (primary N) is 1. The molecule has 2 N–H and O–H groups in total. The molecule has 0 spiro atoms. The number of halogens is 2. The molecule has 0 saturated heterocycles. The van der Waals surface area contributed by atoms with Gasteiger partial charge < -0.3 is 10.5 Å². The molecule has 3 rings (SSSR count). The smallest absolute Gasteiger partial charge is 0.138 e. The van der Waals surface area contributed by atoms with E-state index in [1.165, 1.54) is 4.90 Å². The summed E-state index contributed by atoms with van der Waals surface area (Å²) in [5, 5.41) is 0.490. The van der Waals surface area contributed by atoms with Crippen molar-refractivity contribution >= 4 is 35.8 Å². The second kappa shape index (κ2) is 7.75. The molecule has 1 fully saturated rings. The normalized spacial score (nSPS) is 14.9. The van der Waals surface area contributed by atoms with Gasteiger partial charge in [-0.05, 0) is 42.9 Å². The third-order valence-corrected chi connectivity index (χ3v) is 5.19. The summed E-state index contributed by atoms with van der Waals surface area (Å²) in [5.74, 6) is 0.744. The highest BCUT2D eigenvalue weighted by Gasteiger charge is 2.42. The van der Waals surface area contributed by atoms with E-state index in [0.717, 1.165) is 29.7 Å². The van der Waals surface area contributed by atoms with Crippen LogP contribution in [0.25, 0.3) is 11.1 Å². The lowest BCUT2D eigenvalue weighted by atomic mass is 10.1. The number of pyridine rings is 1. The Hall–Kier alpha value is -0.940. The fourth-order valence-corrected chi connectivity index (χ4v) is 2.92. The highest BCUT2D eigenvalue weighted by Crippen LogP contribution is 2.44. The zero-order chi connectivity index (χ0) is 15.6. The molecule has 2 aromatic rings. The summed E-state index contributed by atoms with van der Waals surface area (Å²) < 4.78 is 5.88. The maximum Gasteiger partial charge on any atom is 0.138 e. The third-order valence-electron chi connectivity index (χ3n) is 4.15. The molecule has 0 radical (unpaired) electrons. The van der Waals surface area contributed by atoms with Gasteiger partial charge in [0.2, 0.25) is 0 Å². The van der Waals surface area contributed by atoms with E-state index in [2.05, 4.69) is 35.5 Å². The van der Waals surface area contributed by atoms with Crippen molar-refractivity contribution in [2.24, 2.45) is 11.1 Å². The van der Waals surface area contributed by atoms with Crippen molar-refractivity contribution in [3.8, 4) is 16.9 Å². The Morgan fingerprint density at radius 1 is 1.30 bits per heavy atom. The predicted octanol–water partition coefficient (Wildman–Crippen LogP) is 4.66. The molecule has 1 aromatic carbocycles. The fourth-order valence-electron chi connectivity index (χ4n) is 2.30. The average molecular weight is 371 g/mol. The van der Waals surface area contributed by atoms with Gasteiger partial charge in [0, 0.05) is 22.4 Å². The van der Waals surface area contributed by atoms with Crippen LogP contribution >= 0.6 is 35.8 Å². The van der Waals surface area contributed by atoms with E-state index >= 15 is 0 Å². The van der Waals surface area contributed by atoms with Crippen molar-refractivity contribution in [3.05, 3.63) is 41.7 Å². The van der Waals surface area contributed by atoms with Gasteiger partial charge in [0.05, 0.1) is 12.8 Å². The SMILES string of the molecule is CSc1ccc(-c2cc(OCC3(CN)CC3)cnc2Cl)cc1.Cl. The average Bonchev–Trinajstić information content (AvgIpc) is 3.35. The van der Waals surface area contributed by atoms with E-state index < -0.39 is 0 Å². The van der Waals surface area contributed by atoms with Crippen LogP contribution in [0.5, 0.6) is 5.75 Å². The van der Waals surface area contributed by atoms with Gasteiger partial charge in [-0.2, -0.15) is 0 Å². The molecule has 0 unspecified atom stereocenters. The molecule has 1 heterocycles. The number of aromatic nitrogens is 1. The molecule has 124 valence electrons. The van der Waals surface area contributed by atoms with E-state index in [0.29, 0.717) is 18.3 Å². The van der Waals surface area contributed by atoms with Crippen LogP contribution in [0, 0.1) is 5.41 Å². The molecule has 6 heteroatoms. The van der Waals surface area contributed by atoms with Gasteiger partial charge in [-0.15, -0.1) is 24.2 Å². The Morgan fingerprint density at radius 3 is 2.57 bits per heavy atom. The van der Waals surface area contributed by atoms with Crippen LogP contribution in [-0.4, -0.2) is 24.4 Å². The van der Waals surface area contributed by atoms with Crippen LogP contribution < -0.4 is 10.5 Å². The fraction of sp³-hybridized carbons (Fsp3) is 0.353. The summed E-state index contributed by atoms with van der Waals surface area (Å²) in [6.45, 7) is 1.33. The Morgan fingerprint density at radius 2 is 2.00 bits per heavy atom. The van der Waals surface area contributed by atoms with E-state index in [9.17, 15) is 0 Å². The van der Waals surface area contributed by atoms with Crippen molar-refractivity contribution in [1.29, 1.82) is 0 Å². The van der Waals surface area contributed by atoms with Crippen LogP contribution in [0.3, 0.4) is 0 Å². The first-order chi connectivity index (χ1) is 10.7. The van der Waals surface area contributed by atoms with Crippen LogP contribution in [-0.2, 0) is 0 Å². The molecule has 23 heavy (non-hydrogen) atoms. The highest BCUT2D eigenvalue weighted by molar-refractivity contribution is 7.98. The number of nitrogens with zero attached hydrogens (tertiary/aromatic N) is 1. The van der Waals surface area contributed by atoms with E-state index in [4.69, 9.17) is 22.1 Å². The number of hydrogen-bond donors (Lipinski definition) is 1. The molecular formula is C17H20Cl2N2OS. The molecule has 1 aromatic heterocycles. The molecule has 0 bridgehead atoms. The molecular weight excluding hydrogens is 351 g/mol. The topological polar surface area (TPSA) is 48.1 Å². The number of rotatable bonds is 6. The number of hydrogen-bond acceptors (Lipinski definition) is 4. The molecule has 0 aliphatic heterocycles. The van der Waals surface area contributed by atoms with Crippen LogP contribution in [0.15, 0.2) is 41.4 Å². The van der Waals surface area contributed by atoms with Gasteiger partial charge in [0.25, 0.3) is 0 Å². The Labute approximate surface area is 152 Å². The second-order valence-corrected chi connectivity index (χ2v) is 6.97. The largest absolute Gasteiger partial charge is 0.491 e. The summed E-state index contributed by atoms with van der Waals surface area (Å²) in [6.07, 6.45) is 6.03. The van der Waals surface area contributed by atoms with Gasteiger partial charge >= 0.3 is 0 Å². The standard InChI is InChI=1S/C17H19ClN2OS.ClH/c1-22-14-4-2-12(3-5-14)15-8-13(9-20-16(15)18)21-11-17(10-19)6-7-17;/h2-5,8-9H,6-7,10-11,19H2,1H3;1H. The van der Waals surface area contributed by atoms with Gasteiger partial charge in [-0.3, -0.25) is 0 Å². The number of thioether (sulfide) groups is 1. The monoisotopic (exact) mass is 370 g/mol. The summed E-state index contributed by atoms with van der Waals surface area (Å²) >= 11 is 7.96. The molecule has 1 aliphatic rings. The van der Waals surface area contributed by atoms with Gasteiger partial charge in [-0.1, -0.05) is 23.7 Å². The Balaban J connectivity index is 0.00000192. The molecule has 3 nitrogen and oxygen atoms in total. The zero-order valence-corrected chi connectivity index (χ0v) is 15.3. The second-order valence-electron chi connectivity index (χ2n) is 5.73. The molecule has 1 aliphatic carbocycles. The lowest BCUT2D eigenvalue weighted by Crippen LogP contribution is -2.22. The first-order valence-corrected chi connectivity index (χ1v) is 8.89. The minimum atomic E-state index is 0. The van der Waals surface area contributed by atoms with Crippen molar-refractivity contribution in [3.63, 3.8) is 0 Å². The summed E-state index contributed by atoms with van der Waals surface area (Å²) in [4.78, 5) is 5.47. The zero-order valence-electron chi connectivity index (χ0n) is 12.9. The quantitative estimate of drug-likeness (QED) is 0.593. The van der Waals surface area contributed by atoms with E-state index in [-0.39, 0.29) is 17.8 Å². The molecule has 0 amide bonds. The Bertz CT molecular complexity index is 660. The number of ether oxygens (including phenoxy) is 1. The van der Waals surface area contributed by atoms with Gasteiger partial charge in [-0.25, -0.2) is 4.98 Å². The van der Waals surface area contributed by atoms with Crippen LogP contribution in [0.2, 0.25) is 5.15 Å². The summed E-state index contributed by atoms with van der Waals surface area (Å²) in [5.41, 5.74) is 7.90. The third kappa shape index (κ3) is 4.32. The lowest BCUT2D eigenvalue weighted by molar-refractivity contribution is 0.238. The van der Waals surface area contributed by atoms with Crippen molar-refractivity contribution in [2.75, 3.05) is 19.4 Å². The number of benzene rings is 1. The van der Waals surface area contributed by atoms with Crippen molar-refractivity contribution < 1.29 is 4.74 Å².